The molecule has 7 nitrogen and oxygen atoms in total. The monoisotopic (exact) mass is 484 g/mol. The number of aliphatic carboxylic acids is 1. The molecule has 0 bridgehead atoms. The number of carboxylic acid groups (broad SMARTS) is 1. The Morgan fingerprint density at radius 1 is 1.03 bits per heavy atom. The lowest BCUT2D eigenvalue weighted by Gasteiger charge is -2.24. The number of nitrogens with one attached hydrogen (secondary N) is 2. The third-order valence-electron chi connectivity index (χ3n) is 6.38. The van der Waals surface area contributed by atoms with Crippen LogP contribution in [0.5, 0.6) is 0 Å². The Balaban J connectivity index is 1.33. The highest BCUT2D eigenvalue weighted by Crippen LogP contribution is 2.44. The van der Waals surface area contributed by atoms with Gasteiger partial charge in [-0.25, -0.2) is 13.6 Å². The van der Waals surface area contributed by atoms with Gasteiger partial charge in [0.25, 0.3) is 6.43 Å². The second-order valence-corrected chi connectivity index (χ2v) is 8.72. The van der Waals surface area contributed by atoms with Crippen molar-refractivity contribution in [2.75, 3.05) is 6.61 Å². The van der Waals surface area contributed by atoms with Gasteiger partial charge in [0.15, 0.2) is 0 Å². The van der Waals surface area contributed by atoms with Crippen molar-refractivity contribution in [3.05, 3.63) is 71.8 Å². The maximum absolute atomic E-state index is 13.6. The maximum Gasteiger partial charge on any atom is 0.407 e. The van der Waals surface area contributed by atoms with Crippen molar-refractivity contribution in [1.29, 1.82) is 0 Å². The average Bonchev–Trinajstić information content (AvgIpc) is 3.16. The molecular formula is C26H26F2N2O5. The van der Waals surface area contributed by atoms with Crippen LogP contribution in [-0.4, -0.2) is 48.2 Å². The standard InChI is InChI=1S/C26H26F2N2O5/c27-24(28)22(13-23(31)29-16-7-5-6-15(12-16)25(32)33)30-26(34)35-14-21-19-10-3-1-8-17(19)18-9-2-4-11-20(18)21/h1-5,7-11,15-16,21-22,24H,6,12-14H2,(H,29,31)(H,30,34)(H,32,33)/t15-,16-,22?/m1/s1. The Morgan fingerprint density at radius 3 is 2.26 bits per heavy atom. The van der Waals surface area contributed by atoms with Gasteiger partial charge in [-0.05, 0) is 35.1 Å². The van der Waals surface area contributed by atoms with Gasteiger partial charge in [-0.15, -0.1) is 0 Å². The largest absolute Gasteiger partial charge is 0.481 e. The number of rotatable bonds is 8. The van der Waals surface area contributed by atoms with Gasteiger partial charge in [-0.3, -0.25) is 9.59 Å². The summed E-state index contributed by atoms with van der Waals surface area (Å²) >= 11 is 0. The molecule has 0 spiro atoms. The number of carbonyl (C=O) groups excluding carboxylic acids is 2. The van der Waals surface area contributed by atoms with E-state index in [1.165, 1.54) is 0 Å². The van der Waals surface area contributed by atoms with E-state index in [4.69, 9.17) is 9.84 Å². The molecule has 4 rings (SSSR count). The van der Waals surface area contributed by atoms with Gasteiger partial charge < -0.3 is 20.5 Å². The van der Waals surface area contributed by atoms with E-state index < -0.39 is 48.8 Å². The summed E-state index contributed by atoms with van der Waals surface area (Å²) in [6.45, 7) is -0.0362. The topological polar surface area (TPSA) is 105 Å². The van der Waals surface area contributed by atoms with Gasteiger partial charge in [0, 0.05) is 12.0 Å². The molecule has 3 atom stereocenters. The first-order valence-electron chi connectivity index (χ1n) is 11.4. The fourth-order valence-electron chi connectivity index (χ4n) is 4.66. The number of ether oxygens (including phenoxy) is 1. The number of hydrogen-bond acceptors (Lipinski definition) is 4. The summed E-state index contributed by atoms with van der Waals surface area (Å²) in [6.07, 6.45) is -0.866. The number of alkyl carbamates (subject to hydrolysis) is 1. The predicted octanol–water partition coefficient (Wildman–Crippen LogP) is 4.08. The van der Waals surface area contributed by atoms with Crippen LogP contribution in [0.2, 0.25) is 0 Å². The fraction of sp³-hybridized carbons (Fsp3) is 0.346. The highest BCUT2D eigenvalue weighted by atomic mass is 19.3. The van der Waals surface area contributed by atoms with Crippen LogP contribution in [-0.2, 0) is 14.3 Å². The summed E-state index contributed by atoms with van der Waals surface area (Å²) in [5, 5.41) is 13.8. The van der Waals surface area contributed by atoms with Gasteiger partial charge in [0.05, 0.1) is 12.3 Å². The van der Waals surface area contributed by atoms with Gasteiger partial charge in [0.1, 0.15) is 12.6 Å². The first-order valence-corrected chi connectivity index (χ1v) is 11.4. The zero-order valence-electron chi connectivity index (χ0n) is 18.8. The zero-order chi connectivity index (χ0) is 24.9. The molecule has 0 aliphatic heterocycles. The molecule has 184 valence electrons. The molecule has 2 aromatic carbocycles. The van der Waals surface area contributed by atoms with Crippen molar-refractivity contribution in [1.82, 2.24) is 10.6 Å². The van der Waals surface area contributed by atoms with E-state index >= 15 is 0 Å². The molecule has 2 amide bonds. The predicted molar refractivity (Wildman–Crippen MR) is 124 cm³/mol. The van der Waals surface area contributed by atoms with E-state index in [-0.39, 0.29) is 18.9 Å². The molecule has 9 heteroatoms. The molecule has 0 heterocycles. The van der Waals surface area contributed by atoms with Gasteiger partial charge in [-0.2, -0.15) is 0 Å². The Bertz CT molecular complexity index is 1090. The second kappa shape index (κ2) is 10.7. The van der Waals surface area contributed by atoms with Crippen molar-refractivity contribution < 1.29 is 33.0 Å². The van der Waals surface area contributed by atoms with Crippen molar-refractivity contribution in [2.45, 2.75) is 43.7 Å². The summed E-state index contributed by atoms with van der Waals surface area (Å²) in [5.74, 6) is -2.55. The minimum Gasteiger partial charge on any atom is -0.481 e. The van der Waals surface area contributed by atoms with Crippen molar-refractivity contribution in [2.24, 2.45) is 5.92 Å². The molecule has 1 unspecified atom stereocenters. The number of alkyl halides is 2. The Morgan fingerprint density at radius 2 is 1.66 bits per heavy atom. The number of benzene rings is 2. The maximum atomic E-state index is 13.6. The van der Waals surface area contributed by atoms with E-state index in [1.807, 2.05) is 48.5 Å². The quantitative estimate of drug-likeness (QED) is 0.490. The zero-order valence-corrected chi connectivity index (χ0v) is 18.8. The van der Waals surface area contributed by atoms with E-state index in [1.54, 1.807) is 12.2 Å². The Kier molecular flexibility index (Phi) is 7.43. The first kappa shape index (κ1) is 24.4. The van der Waals surface area contributed by atoms with E-state index in [0.29, 0.717) is 6.42 Å². The summed E-state index contributed by atoms with van der Waals surface area (Å²) in [5.41, 5.74) is 4.07. The number of carboxylic acids is 1. The number of carbonyl (C=O) groups is 3. The third-order valence-corrected chi connectivity index (χ3v) is 6.38. The number of halogens is 2. The molecule has 0 aromatic heterocycles. The second-order valence-electron chi connectivity index (χ2n) is 8.72. The molecule has 0 saturated heterocycles. The normalized spacial score (nSPS) is 19.5. The minimum absolute atomic E-state index is 0.0362. The molecule has 3 N–H and O–H groups in total. The van der Waals surface area contributed by atoms with Crippen LogP contribution in [0.3, 0.4) is 0 Å². The lowest BCUT2D eigenvalue weighted by molar-refractivity contribution is -0.142. The van der Waals surface area contributed by atoms with Crippen molar-refractivity contribution >= 4 is 18.0 Å². The lowest BCUT2D eigenvalue weighted by atomic mass is 9.91. The molecular weight excluding hydrogens is 458 g/mol. The van der Waals surface area contributed by atoms with Crippen LogP contribution >= 0.6 is 0 Å². The summed E-state index contributed by atoms with van der Waals surface area (Å²) in [6, 6.07) is 13.2. The van der Waals surface area contributed by atoms with Crippen LogP contribution in [0.1, 0.15) is 36.3 Å². The Hall–Kier alpha value is -3.75. The van der Waals surface area contributed by atoms with Gasteiger partial charge in [-0.1, -0.05) is 60.7 Å². The number of allylic oxidation sites excluding steroid dienone is 1. The van der Waals surface area contributed by atoms with Crippen molar-refractivity contribution in [3.8, 4) is 11.1 Å². The molecule has 35 heavy (non-hydrogen) atoms. The van der Waals surface area contributed by atoms with Crippen LogP contribution < -0.4 is 10.6 Å². The molecule has 0 fully saturated rings. The van der Waals surface area contributed by atoms with Crippen LogP contribution in [0.15, 0.2) is 60.7 Å². The third kappa shape index (κ3) is 5.67. The van der Waals surface area contributed by atoms with E-state index in [0.717, 1.165) is 22.3 Å². The average molecular weight is 484 g/mol. The van der Waals surface area contributed by atoms with E-state index in [2.05, 4.69) is 10.6 Å². The smallest absolute Gasteiger partial charge is 0.407 e. The highest BCUT2D eigenvalue weighted by Gasteiger charge is 2.31. The summed E-state index contributed by atoms with van der Waals surface area (Å²) in [4.78, 5) is 35.8. The van der Waals surface area contributed by atoms with Crippen LogP contribution in [0.25, 0.3) is 11.1 Å². The van der Waals surface area contributed by atoms with Gasteiger partial charge in [0.2, 0.25) is 5.91 Å². The fourth-order valence-corrected chi connectivity index (χ4v) is 4.66. The number of amides is 2. The molecule has 2 aliphatic carbocycles. The van der Waals surface area contributed by atoms with Crippen molar-refractivity contribution in [3.63, 3.8) is 0 Å². The minimum atomic E-state index is -2.99. The van der Waals surface area contributed by atoms with Crippen LogP contribution in [0.4, 0.5) is 13.6 Å². The molecule has 0 saturated carbocycles. The highest BCUT2D eigenvalue weighted by molar-refractivity contribution is 5.80. The summed E-state index contributed by atoms with van der Waals surface area (Å²) in [7, 11) is 0. The first-order chi connectivity index (χ1) is 16.8. The SMILES string of the molecule is O=C(CC(NC(=O)OCC1c2ccccc2-c2ccccc21)C(F)F)N[C@@H]1C=CC[C@@H](C(=O)O)C1. The number of hydrogen-bond donors (Lipinski definition) is 3. The van der Waals surface area contributed by atoms with Gasteiger partial charge >= 0.3 is 12.1 Å². The number of fused-ring (bicyclic) bond motifs is 3. The molecule has 2 aromatic rings. The van der Waals surface area contributed by atoms with E-state index in [9.17, 15) is 23.2 Å². The Labute approximate surface area is 201 Å². The van der Waals surface area contributed by atoms with Crippen LogP contribution in [0, 0.1) is 5.92 Å². The molecule has 0 radical (unpaired) electrons. The molecule has 2 aliphatic rings. The lowest BCUT2D eigenvalue weighted by Crippen LogP contribution is -2.46. The summed E-state index contributed by atoms with van der Waals surface area (Å²) < 4.78 is 32.4.